The van der Waals surface area contributed by atoms with E-state index in [0.717, 1.165) is 32.1 Å². The molecule has 0 bridgehead atoms. The van der Waals surface area contributed by atoms with Crippen LogP contribution in [0.25, 0.3) is 0 Å². The first-order valence-electron chi connectivity index (χ1n) is 6.10. The summed E-state index contributed by atoms with van der Waals surface area (Å²) in [6, 6.07) is 0. The van der Waals surface area contributed by atoms with Crippen molar-refractivity contribution in [3.05, 3.63) is 0 Å². The van der Waals surface area contributed by atoms with Crippen LogP contribution in [0.5, 0.6) is 0 Å². The Morgan fingerprint density at radius 2 is 2.20 bits per heavy atom. The van der Waals surface area contributed by atoms with Gasteiger partial charge in [0.05, 0.1) is 12.1 Å². The summed E-state index contributed by atoms with van der Waals surface area (Å²) in [6.45, 7) is 8.07. The van der Waals surface area contributed by atoms with E-state index in [9.17, 15) is 0 Å². The third-order valence-electron chi connectivity index (χ3n) is 3.53. The van der Waals surface area contributed by atoms with Crippen molar-refractivity contribution in [3.8, 4) is 0 Å². The molecule has 3 heteroatoms. The van der Waals surface area contributed by atoms with Crippen molar-refractivity contribution in [1.82, 2.24) is 4.90 Å². The Labute approximate surface area is 94.0 Å². The highest BCUT2D eigenvalue weighted by Crippen LogP contribution is 2.24. The van der Waals surface area contributed by atoms with Gasteiger partial charge in [-0.05, 0) is 38.8 Å². The van der Waals surface area contributed by atoms with Crippen LogP contribution >= 0.6 is 0 Å². The van der Waals surface area contributed by atoms with Crippen LogP contribution in [-0.2, 0) is 4.74 Å². The van der Waals surface area contributed by atoms with E-state index in [1.54, 1.807) is 0 Å². The third-order valence-corrected chi connectivity index (χ3v) is 3.53. The summed E-state index contributed by atoms with van der Waals surface area (Å²) >= 11 is 0. The molecule has 0 radical (unpaired) electrons. The molecule has 0 aromatic heterocycles. The van der Waals surface area contributed by atoms with E-state index in [1.807, 2.05) is 0 Å². The Morgan fingerprint density at radius 1 is 1.47 bits per heavy atom. The molecule has 2 N–H and O–H groups in total. The Kier molecular flexibility index (Phi) is 5.03. The molecule has 3 nitrogen and oxygen atoms in total. The van der Waals surface area contributed by atoms with Crippen LogP contribution in [0.15, 0.2) is 0 Å². The molecule has 0 aromatic rings. The van der Waals surface area contributed by atoms with E-state index in [1.165, 1.54) is 12.8 Å². The number of hydrogen-bond acceptors (Lipinski definition) is 3. The van der Waals surface area contributed by atoms with E-state index in [4.69, 9.17) is 10.5 Å². The molecule has 1 heterocycles. The minimum Gasteiger partial charge on any atom is -0.379 e. The van der Waals surface area contributed by atoms with Gasteiger partial charge in [-0.1, -0.05) is 13.8 Å². The highest BCUT2D eigenvalue weighted by Gasteiger charge is 2.35. The second-order valence-electron chi connectivity index (χ2n) is 5.19. The van der Waals surface area contributed by atoms with Crippen LogP contribution < -0.4 is 5.73 Å². The molecule has 1 saturated heterocycles. The van der Waals surface area contributed by atoms with Crippen LogP contribution in [0.3, 0.4) is 0 Å². The maximum absolute atomic E-state index is 5.92. The summed E-state index contributed by atoms with van der Waals surface area (Å²) in [7, 11) is 2.18. The molecule has 0 saturated carbocycles. The maximum Gasteiger partial charge on any atom is 0.0662 e. The molecule has 0 spiro atoms. The minimum atomic E-state index is 0.104. The second kappa shape index (κ2) is 5.83. The molecule has 1 unspecified atom stereocenters. The number of likely N-dealkylation sites (N-methyl/N-ethyl adjacent to an activating group) is 1. The normalized spacial score (nSPS) is 27.6. The van der Waals surface area contributed by atoms with Crippen LogP contribution in [0.2, 0.25) is 0 Å². The van der Waals surface area contributed by atoms with Gasteiger partial charge in [0, 0.05) is 13.2 Å². The predicted molar refractivity (Wildman–Crippen MR) is 63.9 cm³/mol. The number of hydrogen-bond donors (Lipinski definition) is 1. The number of nitrogens with zero attached hydrogens (tertiary/aromatic N) is 1. The maximum atomic E-state index is 5.92. The molecule has 15 heavy (non-hydrogen) atoms. The van der Waals surface area contributed by atoms with Gasteiger partial charge >= 0.3 is 0 Å². The van der Waals surface area contributed by atoms with Gasteiger partial charge in [0.25, 0.3) is 0 Å². The molecular formula is C12H26N2O. The standard InChI is InChI=1S/C12H26N2O/c1-11(2)5-7-14(3)12(9-13)6-4-8-15-10-12/h11H,4-10,13H2,1-3H3. The van der Waals surface area contributed by atoms with Gasteiger partial charge in [0.1, 0.15) is 0 Å². The molecular weight excluding hydrogens is 188 g/mol. The van der Waals surface area contributed by atoms with E-state index >= 15 is 0 Å². The lowest BCUT2D eigenvalue weighted by Crippen LogP contribution is -2.57. The summed E-state index contributed by atoms with van der Waals surface area (Å²) in [6.07, 6.45) is 3.56. The first-order valence-corrected chi connectivity index (χ1v) is 6.10. The summed E-state index contributed by atoms with van der Waals surface area (Å²) in [5.41, 5.74) is 6.03. The predicted octanol–water partition coefficient (Wildman–Crippen LogP) is 1.47. The van der Waals surface area contributed by atoms with Gasteiger partial charge in [-0.25, -0.2) is 0 Å². The van der Waals surface area contributed by atoms with Gasteiger partial charge in [-0.15, -0.1) is 0 Å². The fraction of sp³-hybridized carbons (Fsp3) is 1.00. The van der Waals surface area contributed by atoms with Crippen LogP contribution in [0.4, 0.5) is 0 Å². The largest absolute Gasteiger partial charge is 0.379 e. The average Bonchev–Trinajstić information content (AvgIpc) is 2.26. The van der Waals surface area contributed by atoms with Crippen molar-refractivity contribution in [2.24, 2.45) is 11.7 Å². The molecule has 1 aliphatic heterocycles. The van der Waals surface area contributed by atoms with Gasteiger partial charge in [0.2, 0.25) is 0 Å². The lowest BCUT2D eigenvalue weighted by atomic mass is 9.90. The summed E-state index contributed by atoms with van der Waals surface area (Å²) < 4.78 is 5.58. The number of nitrogens with two attached hydrogens (primary N) is 1. The van der Waals surface area contributed by atoms with Gasteiger partial charge in [-0.2, -0.15) is 0 Å². The molecule has 1 atom stereocenters. The molecule has 1 aliphatic rings. The molecule has 0 aromatic carbocycles. The number of ether oxygens (including phenoxy) is 1. The second-order valence-corrected chi connectivity index (χ2v) is 5.19. The highest BCUT2D eigenvalue weighted by molar-refractivity contribution is 4.92. The molecule has 90 valence electrons. The van der Waals surface area contributed by atoms with Crippen LogP contribution in [0, 0.1) is 5.92 Å². The van der Waals surface area contributed by atoms with E-state index in [-0.39, 0.29) is 5.54 Å². The highest BCUT2D eigenvalue weighted by atomic mass is 16.5. The number of rotatable bonds is 5. The first-order chi connectivity index (χ1) is 7.10. The van der Waals surface area contributed by atoms with E-state index in [2.05, 4.69) is 25.8 Å². The topological polar surface area (TPSA) is 38.5 Å². The molecule has 0 aliphatic carbocycles. The Balaban J connectivity index is 2.48. The average molecular weight is 214 g/mol. The Bertz CT molecular complexity index is 176. The zero-order chi connectivity index (χ0) is 11.3. The van der Waals surface area contributed by atoms with E-state index < -0.39 is 0 Å². The van der Waals surface area contributed by atoms with Crippen molar-refractivity contribution < 1.29 is 4.74 Å². The van der Waals surface area contributed by atoms with Gasteiger partial charge in [-0.3, -0.25) is 4.90 Å². The van der Waals surface area contributed by atoms with Crippen molar-refractivity contribution in [2.45, 2.75) is 38.6 Å². The quantitative estimate of drug-likeness (QED) is 0.753. The third kappa shape index (κ3) is 3.44. The van der Waals surface area contributed by atoms with Crippen molar-refractivity contribution >= 4 is 0 Å². The fourth-order valence-corrected chi connectivity index (χ4v) is 2.14. The minimum absolute atomic E-state index is 0.104. The van der Waals surface area contributed by atoms with Crippen molar-refractivity contribution in [3.63, 3.8) is 0 Å². The molecule has 0 amide bonds. The van der Waals surface area contributed by atoms with Crippen LogP contribution in [0.1, 0.15) is 33.1 Å². The lowest BCUT2D eigenvalue weighted by molar-refractivity contribution is -0.0353. The van der Waals surface area contributed by atoms with Crippen molar-refractivity contribution in [2.75, 3.05) is 33.4 Å². The Hall–Kier alpha value is -0.120. The summed E-state index contributed by atoms with van der Waals surface area (Å²) in [4.78, 5) is 2.41. The smallest absolute Gasteiger partial charge is 0.0662 e. The molecule has 1 rings (SSSR count). The Morgan fingerprint density at radius 3 is 2.67 bits per heavy atom. The first kappa shape index (κ1) is 12.9. The molecule has 1 fully saturated rings. The zero-order valence-electron chi connectivity index (χ0n) is 10.5. The van der Waals surface area contributed by atoms with E-state index in [0.29, 0.717) is 6.54 Å². The van der Waals surface area contributed by atoms with Gasteiger partial charge in [0.15, 0.2) is 0 Å². The SMILES string of the molecule is CC(C)CCN(C)C1(CN)CCCOC1. The van der Waals surface area contributed by atoms with Crippen LogP contribution in [-0.4, -0.2) is 43.8 Å². The fourth-order valence-electron chi connectivity index (χ4n) is 2.14. The monoisotopic (exact) mass is 214 g/mol. The van der Waals surface area contributed by atoms with Gasteiger partial charge < -0.3 is 10.5 Å². The van der Waals surface area contributed by atoms with Crippen molar-refractivity contribution in [1.29, 1.82) is 0 Å². The summed E-state index contributed by atoms with van der Waals surface area (Å²) in [5.74, 6) is 0.756. The summed E-state index contributed by atoms with van der Waals surface area (Å²) in [5, 5.41) is 0. The zero-order valence-corrected chi connectivity index (χ0v) is 10.5. The lowest BCUT2D eigenvalue weighted by Gasteiger charge is -2.43.